The molecule has 0 amide bonds. The molecule has 2 aromatic heterocycles. The molecule has 0 aliphatic rings. The molecule has 0 spiro atoms. The summed E-state index contributed by atoms with van der Waals surface area (Å²) in [5.74, 6) is 0.830. The summed E-state index contributed by atoms with van der Waals surface area (Å²) >= 11 is 0. The van der Waals surface area contributed by atoms with E-state index >= 15 is 0 Å². The SMILES string of the molecule is c1ccc(NCCn2cnc(-c3ccccc3)c2-c2ncc[nH]2)cc1. The number of imidazole rings is 2. The molecule has 4 aromatic rings. The first kappa shape index (κ1) is 15.2. The van der Waals surface area contributed by atoms with Gasteiger partial charge in [-0.2, -0.15) is 0 Å². The maximum atomic E-state index is 4.64. The van der Waals surface area contributed by atoms with Gasteiger partial charge < -0.3 is 14.9 Å². The van der Waals surface area contributed by atoms with Gasteiger partial charge in [-0.15, -0.1) is 0 Å². The summed E-state index contributed by atoms with van der Waals surface area (Å²) in [7, 11) is 0. The maximum absolute atomic E-state index is 4.64. The van der Waals surface area contributed by atoms with Gasteiger partial charge in [0.2, 0.25) is 0 Å². The lowest BCUT2D eigenvalue weighted by Crippen LogP contribution is -2.11. The lowest BCUT2D eigenvalue weighted by Gasteiger charge is -2.10. The highest BCUT2D eigenvalue weighted by Crippen LogP contribution is 2.28. The Kier molecular flexibility index (Phi) is 4.29. The molecule has 0 saturated carbocycles. The highest BCUT2D eigenvalue weighted by Gasteiger charge is 2.16. The molecule has 2 heterocycles. The Bertz CT molecular complexity index is 911. The summed E-state index contributed by atoms with van der Waals surface area (Å²) in [5, 5.41) is 3.44. The van der Waals surface area contributed by atoms with E-state index < -0.39 is 0 Å². The van der Waals surface area contributed by atoms with Crippen molar-refractivity contribution in [1.29, 1.82) is 0 Å². The Morgan fingerprint density at radius 3 is 2.40 bits per heavy atom. The third-order valence-corrected chi connectivity index (χ3v) is 4.06. The van der Waals surface area contributed by atoms with E-state index in [9.17, 15) is 0 Å². The molecule has 5 heteroatoms. The van der Waals surface area contributed by atoms with Gasteiger partial charge in [-0.3, -0.25) is 0 Å². The second-order valence-corrected chi connectivity index (χ2v) is 5.73. The molecule has 0 radical (unpaired) electrons. The first-order valence-electron chi connectivity index (χ1n) is 8.31. The molecule has 2 N–H and O–H groups in total. The lowest BCUT2D eigenvalue weighted by molar-refractivity contribution is 0.730. The van der Waals surface area contributed by atoms with Gasteiger partial charge in [-0.25, -0.2) is 9.97 Å². The van der Waals surface area contributed by atoms with Crippen molar-refractivity contribution in [2.24, 2.45) is 0 Å². The largest absolute Gasteiger partial charge is 0.383 e. The molecule has 0 bridgehead atoms. The van der Waals surface area contributed by atoms with Crippen LogP contribution in [0, 0.1) is 0 Å². The number of hydrogen-bond donors (Lipinski definition) is 2. The van der Waals surface area contributed by atoms with E-state index in [-0.39, 0.29) is 0 Å². The van der Waals surface area contributed by atoms with Crippen molar-refractivity contribution in [3.63, 3.8) is 0 Å². The molecule has 0 saturated heterocycles. The Morgan fingerprint density at radius 2 is 1.68 bits per heavy atom. The lowest BCUT2D eigenvalue weighted by atomic mass is 10.1. The van der Waals surface area contributed by atoms with Crippen LogP contribution in [0.15, 0.2) is 79.4 Å². The fourth-order valence-corrected chi connectivity index (χ4v) is 2.88. The van der Waals surface area contributed by atoms with E-state index in [2.05, 4.69) is 49.1 Å². The van der Waals surface area contributed by atoms with Crippen LogP contribution in [0.4, 0.5) is 5.69 Å². The van der Waals surface area contributed by atoms with Gasteiger partial charge >= 0.3 is 0 Å². The molecule has 124 valence electrons. The van der Waals surface area contributed by atoms with Crippen molar-refractivity contribution in [2.75, 3.05) is 11.9 Å². The monoisotopic (exact) mass is 329 g/mol. The summed E-state index contributed by atoms with van der Waals surface area (Å²) in [5.41, 5.74) is 4.15. The third kappa shape index (κ3) is 3.30. The van der Waals surface area contributed by atoms with Crippen LogP contribution in [-0.4, -0.2) is 26.1 Å². The highest BCUT2D eigenvalue weighted by atomic mass is 15.1. The number of aromatic amines is 1. The van der Waals surface area contributed by atoms with Crippen LogP contribution in [0.5, 0.6) is 0 Å². The molecule has 0 atom stereocenters. The fourth-order valence-electron chi connectivity index (χ4n) is 2.88. The van der Waals surface area contributed by atoms with E-state index in [4.69, 9.17) is 0 Å². The number of H-pyrrole nitrogens is 1. The number of hydrogen-bond acceptors (Lipinski definition) is 3. The molecule has 0 aliphatic carbocycles. The van der Waals surface area contributed by atoms with E-state index in [0.717, 1.165) is 41.6 Å². The molecule has 5 nitrogen and oxygen atoms in total. The van der Waals surface area contributed by atoms with Crippen molar-refractivity contribution in [3.8, 4) is 22.8 Å². The van der Waals surface area contributed by atoms with Crippen molar-refractivity contribution in [2.45, 2.75) is 6.54 Å². The van der Waals surface area contributed by atoms with Crippen LogP contribution in [0.1, 0.15) is 0 Å². The van der Waals surface area contributed by atoms with Gasteiger partial charge in [0.15, 0.2) is 5.82 Å². The van der Waals surface area contributed by atoms with Crippen molar-refractivity contribution in [3.05, 3.63) is 79.4 Å². The topological polar surface area (TPSA) is 58.5 Å². The van der Waals surface area contributed by atoms with Gasteiger partial charge in [0.05, 0.1) is 12.0 Å². The quantitative estimate of drug-likeness (QED) is 0.561. The Morgan fingerprint density at radius 1 is 0.920 bits per heavy atom. The average molecular weight is 329 g/mol. The standard InChI is InChI=1S/C20H19N5/c1-3-7-16(8-4-1)18-19(20-22-11-12-23-20)25(15-24-18)14-13-21-17-9-5-2-6-10-17/h1-12,15,21H,13-14H2,(H,22,23). The normalized spacial score (nSPS) is 10.7. The summed E-state index contributed by atoms with van der Waals surface area (Å²) in [6.45, 7) is 1.60. The smallest absolute Gasteiger partial charge is 0.156 e. The first-order valence-corrected chi connectivity index (χ1v) is 8.31. The molecule has 4 rings (SSSR count). The number of nitrogens with zero attached hydrogens (tertiary/aromatic N) is 3. The molecular weight excluding hydrogens is 310 g/mol. The molecule has 0 unspecified atom stereocenters. The third-order valence-electron chi connectivity index (χ3n) is 4.06. The number of rotatable bonds is 6. The maximum Gasteiger partial charge on any atom is 0.156 e. The van der Waals surface area contributed by atoms with E-state index in [1.54, 1.807) is 6.20 Å². The van der Waals surface area contributed by atoms with E-state index in [0.29, 0.717) is 0 Å². The number of para-hydroxylation sites is 1. The van der Waals surface area contributed by atoms with Crippen LogP contribution in [0.25, 0.3) is 22.8 Å². The second-order valence-electron chi connectivity index (χ2n) is 5.73. The van der Waals surface area contributed by atoms with Crippen LogP contribution in [0.2, 0.25) is 0 Å². The van der Waals surface area contributed by atoms with Gasteiger partial charge in [0.1, 0.15) is 5.69 Å². The fraction of sp³-hybridized carbons (Fsp3) is 0.100. The zero-order valence-electron chi connectivity index (χ0n) is 13.8. The van der Waals surface area contributed by atoms with Crippen molar-refractivity contribution in [1.82, 2.24) is 19.5 Å². The molecular formula is C20H19N5. The highest BCUT2D eigenvalue weighted by molar-refractivity contribution is 5.75. The number of nitrogens with one attached hydrogen (secondary N) is 2. The van der Waals surface area contributed by atoms with Gasteiger partial charge in [-0.05, 0) is 12.1 Å². The minimum absolute atomic E-state index is 0.796. The minimum Gasteiger partial charge on any atom is -0.383 e. The Hall–Kier alpha value is -3.34. The van der Waals surface area contributed by atoms with Crippen LogP contribution in [-0.2, 0) is 6.54 Å². The predicted molar refractivity (Wildman–Crippen MR) is 100 cm³/mol. The van der Waals surface area contributed by atoms with Gasteiger partial charge in [0, 0.05) is 36.7 Å². The minimum atomic E-state index is 0.796. The number of benzene rings is 2. The summed E-state index contributed by atoms with van der Waals surface area (Å²) in [4.78, 5) is 12.3. The van der Waals surface area contributed by atoms with Crippen LogP contribution < -0.4 is 5.32 Å². The van der Waals surface area contributed by atoms with Gasteiger partial charge in [-0.1, -0.05) is 48.5 Å². The van der Waals surface area contributed by atoms with Crippen molar-refractivity contribution >= 4 is 5.69 Å². The van der Waals surface area contributed by atoms with Gasteiger partial charge in [0.25, 0.3) is 0 Å². The Balaban J connectivity index is 1.61. The van der Waals surface area contributed by atoms with E-state index in [1.165, 1.54) is 0 Å². The molecule has 25 heavy (non-hydrogen) atoms. The zero-order valence-corrected chi connectivity index (χ0v) is 13.8. The second kappa shape index (κ2) is 7.05. The molecule has 2 aromatic carbocycles. The Labute approximate surface area is 146 Å². The summed E-state index contributed by atoms with van der Waals surface area (Å²) in [6, 6.07) is 20.4. The van der Waals surface area contributed by atoms with E-state index in [1.807, 2.05) is 48.9 Å². The first-order chi connectivity index (χ1) is 12.4. The number of anilines is 1. The summed E-state index contributed by atoms with van der Waals surface area (Å²) < 4.78 is 2.14. The molecule has 0 aliphatic heterocycles. The van der Waals surface area contributed by atoms with Crippen LogP contribution in [0.3, 0.4) is 0 Å². The van der Waals surface area contributed by atoms with Crippen LogP contribution >= 0.6 is 0 Å². The van der Waals surface area contributed by atoms with Crippen molar-refractivity contribution < 1.29 is 0 Å². The zero-order chi connectivity index (χ0) is 16.9. The molecule has 0 fully saturated rings. The summed E-state index contributed by atoms with van der Waals surface area (Å²) in [6.07, 6.45) is 5.49. The number of aromatic nitrogens is 4. The average Bonchev–Trinajstić information content (AvgIpc) is 3.33. The predicted octanol–water partition coefficient (Wildman–Crippen LogP) is 4.05.